The molecule has 2 aliphatic heterocycles. The number of pyridine rings is 1. The second kappa shape index (κ2) is 9.30. The predicted molar refractivity (Wildman–Crippen MR) is 126 cm³/mol. The summed E-state index contributed by atoms with van der Waals surface area (Å²) in [5.74, 6) is 2.53. The molecule has 5 rings (SSSR count). The zero-order valence-electron chi connectivity index (χ0n) is 18.1. The Labute approximate surface area is 193 Å². The van der Waals surface area contributed by atoms with Gasteiger partial charge >= 0.3 is 0 Å². The van der Waals surface area contributed by atoms with E-state index in [1.165, 1.54) is 0 Å². The summed E-state index contributed by atoms with van der Waals surface area (Å²) in [7, 11) is 0. The highest BCUT2D eigenvalue weighted by Crippen LogP contribution is 2.41. The van der Waals surface area contributed by atoms with Gasteiger partial charge in [-0.15, -0.1) is 0 Å². The summed E-state index contributed by atoms with van der Waals surface area (Å²) < 4.78 is 17.9. The Morgan fingerprint density at radius 3 is 2.75 bits per heavy atom. The number of hydrogen-bond donors (Lipinski definition) is 1. The first kappa shape index (κ1) is 21.0. The van der Waals surface area contributed by atoms with E-state index in [0.717, 1.165) is 54.5 Å². The van der Waals surface area contributed by atoms with Gasteiger partial charge in [-0.1, -0.05) is 6.07 Å². The molecule has 3 atom stereocenters. The predicted octanol–water partition coefficient (Wildman–Crippen LogP) is 4.89. The molecule has 166 valence electrons. The Morgan fingerprint density at radius 1 is 1.16 bits per heavy atom. The second-order valence-electron chi connectivity index (χ2n) is 8.07. The maximum Gasteiger partial charge on any atom is 0.170 e. The van der Waals surface area contributed by atoms with Gasteiger partial charge in [-0.2, -0.15) is 0 Å². The Balaban J connectivity index is 1.46. The second-order valence-corrected chi connectivity index (χ2v) is 8.46. The number of nitrogens with zero attached hydrogens (tertiary/aromatic N) is 2. The van der Waals surface area contributed by atoms with E-state index in [0.29, 0.717) is 11.7 Å². The van der Waals surface area contributed by atoms with E-state index < -0.39 is 0 Å². The molecule has 2 saturated heterocycles. The molecule has 6 nitrogen and oxygen atoms in total. The highest BCUT2D eigenvalue weighted by Gasteiger charge is 2.42. The van der Waals surface area contributed by atoms with Crippen molar-refractivity contribution in [1.82, 2.24) is 15.2 Å². The Hall–Kier alpha value is -2.90. The number of hydrogen-bond acceptors (Lipinski definition) is 5. The third-order valence-electron chi connectivity index (χ3n) is 5.99. The third kappa shape index (κ3) is 4.23. The zero-order valence-corrected chi connectivity index (χ0v) is 18.9. The topological polar surface area (TPSA) is 59.8 Å². The van der Waals surface area contributed by atoms with Gasteiger partial charge in [0.2, 0.25) is 0 Å². The molecule has 2 fully saturated rings. The molecule has 0 saturated carbocycles. The van der Waals surface area contributed by atoms with Crippen molar-refractivity contribution in [2.75, 3.05) is 19.8 Å². The van der Waals surface area contributed by atoms with Crippen molar-refractivity contribution in [2.24, 2.45) is 0 Å². The SMILES string of the molecule is CCOc1ccc(-c2ccc([C@@H]3[C@H](c4ccccn4)NC(=S)N3C[C@H]3CCCO3)o2)cc1. The smallest absolute Gasteiger partial charge is 0.170 e. The molecule has 0 spiro atoms. The molecular weight excluding hydrogens is 422 g/mol. The Bertz CT molecular complexity index is 1050. The van der Waals surface area contributed by atoms with E-state index in [2.05, 4.69) is 15.2 Å². The van der Waals surface area contributed by atoms with Crippen LogP contribution in [-0.2, 0) is 4.74 Å². The molecule has 0 amide bonds. The van der Waals surface area contributed by atoms with Gasteiger partial charge in [-0.3, -0.25) is 4.98 Å². The summed E-state index contributed by atoms with van der Waals surface area (Å²) in [6, 6.07) is 17.8. The first-order chi connectivity index (χ1) is 15.7. The summed E-state index contributed by atoms with van der Waals surface area (Å²) in [4.78, 5) is 6.79. The molecule has 2 aromatic heterocycles. The van der Waals surface area contributed by atoms with Crippen LogP contribution in [0.5, 0.6) is 5.75 Å². The van der Waals surface area contributed by atoms with Crippen LogP contribution in [0.3, 0.4) is 0 Å². The zero-order chi connectivity index (χ0) is 21.9. The monoisotopic (exact) mass is 449 g/mol. The lowest BCUT2D eigenvalue weighted by molar-refractivity contribution is 0.0818. The highest BCUT2D eigenvalue weighted by atomic mass is 32.1. The van der Waals surface area contributed by atoms with Gasteiger partial charge < -0.3 is 24.1 Å². The number of nitrogens with one attached hydrogen (secondary N) is 1. The molecule has 0 aliphatic carbocycles. The summed E-state index contributed by atoms with van der Waals surface area (Å²) in [5.41, 5.74) is 1.95. The molecule has 1 N–H and O–H groups in total. The van der Waals surface area contributed by atoms with Crippen molar-refractivity contribution in [3.63, 3.8) is 0 Å². The summed E-state index contributed by atoms with van der Waals surface area (Å²) in [5, 5.41) is 4.18. The number of rotatable bonds is 7. The van der Waals surface area contributed by atoms with Crippen LogP contribution in [0.25, 0.3) is 11.3 Å². The number of ether oxygens (including phenoxy) is 2. The van der Waals surface area contributed by atoms with E-state index in [1.54, 1.807) is 0 Å². The molecule has 1 aromatic carbocycles. The minimum atomic E-state index is -0.0990. The number of thiocarbonyl (C=S) groups is 1. The normalized spacial score (nSPS) is 22.8. The molecule has 0 bridgehead atoms. The van der Waals surface area contributed by atoms with E-state index in [1.807, 2.05) is 67.7 Å². The van der Waals surface area contributed by atoms with Crippen molar-refractivity contribution in [2.45, 2.75) is 38.0 Å². The maximum atomic E-state index is 6.40. The van der Waals surface area contributed by atoms with Crippen LogP contribution in [0.4, 0.5) is 0 Å². The minimum absolute atomic E-state index is 0.0931. The molecule has 32 heavy (non-hydrogen) atoms. The van der Waals surface area contributed by atoms with Crippen molar-refractivity contribution >= 4 is 17.3 Å². The molecule has 0 unspecified atom stereocenters. The summed E-state index contributed by atoms with van der Waals surface area (Å²) >= 11 is 5.74. The number of furan rings is 1. The summed E-state index contributed by atoms with van der Waals surface area (Å²) in [6.45, 7) is 4.18. The maximum absolute atomic E-state index is 6.40. The average Bonchev–Trinajstić information content (AvgIpc) is 3.57. The fraction of sp³-hybridized carbons (Fsp3) is 0.360. The van der Waals surface area contributed by atoms with Gasteiger partial charge in [-0.05, 0) is 80.5 Å². The van der Waals surface area contributed by atoms with E-state index in [-0.39, 0.29) is 18.2 Å². The lowest BCUT2D eigenvalue weighted by Crippen LogP contribution is -2.36. The van der Waals surface area contributed by atoms with Crippen molar-refractivity contribution < 1.29 is 13.9 Å². The van der Waals surface area contributed by atoms with Gasteiger partial charge in [0.15, 0.2) is 5.11 Å². The van der Waals surface area contributed by atoms with E-state index in [4.69, 9.17) is 26.1 Å². The van der Waals surface area contributed by atoms with Crippen LogP contribution in [0.1, 0.15) is 43.3 Å². The number of benzene rings is 1. The van der Waals surface area contributed by atoms with Gasteiger partial charge in [0.25, 0.3) is 0 Å². The fourth-order valence-electron chi connectivity index (χ4n) is 4.47. The van der Waals surface area contributed by atoms with Gasteiger partial charge in [0, 0.05) is 24.9 Å². The Kier molecular flexibility index (Phi) is 6.10. The Morgan fingerprint density at radius 2 is 2.03 bits per heavy atom. The molecule has 0 radical (unpaired) electrons. The first-order valence-electron chi connectivity index (χ1n) is 11.2. The van der Waals surface area contributed by atoms with Crippen LogP contribution in [-0.4, -0.2) is 40.9 Å². The first-order valence-corrected chi connectivity index (χ1v) is 11.6. The minimum Gasteiger partial charge on any atom is -0.494 e. The fourth-order valence-corrected chi connectivity index (χ4v) is 4.78. The lowest BCUT2D eigenvalue weighted by Gasteiger charge is -2.28. The van der Waals surface area contributed by atoms with E-state index in [9.17, 15) is 0 Å². The van der Waals surface area contributed by atoms with Gasteiger partial charge in [0.1, 0.15) is 23.3 Å². The molecule has 4 heterocycles. The largest absolute Gasteiger partial charge is 0.494 e. The quantitative estimate of drug-likeness (QED) is 0.515. The summed E-state index contributed by atoms with van der Waals surface area (Å²) in [6.07, 6.45) is 4.14. The van der Waals surface area contributed by atoms with Crippen LogP contribution >= 0.6 is 12.2 Å². The van der Waals surface area contributed by atoms with Crippen molar-refractivity contribution in [3.8, 4) is 17.1 Å². The van der Waals surface area contributed by atoms with Gasteiger partial charge in [-0.25, -0.2) is 0 Å². The molecule has 7 heteroatoms. The average molecular weight is 450 g/mol. The van der Waals surface area contributed by atoms with Crippen LogP contribution in [0, 0.1) is 0 Å². The lowest BCUT2D eigenvalue weighted by atomic mass is 10.0. The highest BCUT2D eigenvalue weighted by molar-refractivity contribution is 7.80. The van der Waals surface area contributed by atoms with Gasteiger partial charge in [0.05, 0.1) is 24.4 Å². The third-order valence-corrected chi connectivity index (χ3v) is 6.34. The number of aromatic nitrogens is 1. The molecule has 3 aromatic rings. The van der Waals surface area contributed by atoms with Crippen molar-refractivity contribution in [3.05, 3.63) is 72.2 Å². The van der Waals surface area contributed by atoms with Crippen LogP contribution in [0.15, 0.2) is 65.2 Å². The van der Waals surface area contributed by atoms with Crippen LogP contribution < -0.4 is 10.1 Å². The van der Waals surface area contributed by atoms with E-state index >= 15 is 0 Å². The van der Waals surface area contributed by atoms with Crippen LogP contribution in [0.2, 0.25) is 0 Å². The molecular formula is C25H27N3O3S. The standard InChI is InChI=1S/C25H27N3O3S/c1-2-29-18-10-8-17(9-11-18)21-12-13-22(31-21)24-23(20-7-3-4-14-26-20)27-25(32)28(24)16-19-6-5-15-30-19/h3-4,7-14,19,23-24H,2,5-6,15-16H2,1H3,(H,27,32)/t19-,23+,24-/m1/s1. The van der Waals surface area contributed by atoms with Crippen molar-refractivity contribution in [1.29, 1.82) is 0 Å². The molecule has 2 aliphatic rings.